The third-order valence-corrected chi connectivity index (χ3v) is 5.21. The molecule has 0 spiro atoms. The Morgan fingerprint density at radius 3 is 2.76 bits per heavy atom. The Hall–Kier alpha value is -0.160. The second-order valence-corrected chi connectivity index (χ2v) is 7.39. The molecule has 21 heavy (non-hydrogen) atoms. The maximum absolute atomic E-state index is 9.93. The summed E-state index contributed by atoms with van der Waals surface area (Å²) in [6.07, 6.45) is 7.63. The average molecular weight is 298 g/mol. The third-order valence-electron chi connectivity index (χ3n) is 5.21. The van der Waals surface area contributed by atoms with E-state index >= 15 is 0 Å². The molecule has 2 aliphatic rings. The zero-order chi connectivity index (χ0) is 15.3. The van der Waals surface area contributed by atoms with Gasteiger partial charge in [-0.25, -0.2) is 0 Å². The number of nitrogens with zero attached hydrogens (tertiary/aromatic N) is 1. The van der Waals surface area contributed by atoms with Crippen LogP contribution in [-0.2, 0) is 4.74 Å². The second kappa shape index (κ2) is 7.91. The molecule has 4 heteroatoms. The van der Waals surface area contributed by atoms with Crippen LogP contribution in [0.4, 0.5) is 0 Å². The van der Waals surface area contributed by atoms with Crippen molar-refractivity contribution in [3.05, 3.63) is 0 Å². The van der Waals surface area contributed by atoms with E-state index in [2.05, 4.69) is 31.1 Å². The smallest absolute Gasteiger partial charge is 0.0702 e. The van der Waals surface area contributed by atoms with Crippen LogP contribution in [0.15, 0.2) is 0 Å². The zero-order valence-corrected chi connectivity index (χ0v) is 14.1. The van der Waals surface area contributed by atoms with E-state index in [1.807, 2.05) is 0 Å². The number of aliphatic hydroxyl groups is 1. The summed E-state index contributed by atoms with van der Waals surface area (Å²) < 4.78 is 5.72. The molecule has 1 aliphatic heterocycles. The first-order valence-electron chi connectivity index (χ1n) is 8.74. The summed E-state index contributed by atoms with van der Waals surface area (Å²) in [6.45, 7) is 7.72. The summed E-state index contributed by atoms with van der Waals surface area (Å²) in [4.78, 5) is 2.41. The molecule has 1 saturated carbocycles. The fourth-order valence-electron chi connectivity index (χ4n) is 4.19. The van der Waals surface area contributed by atoms with E-state index in [9.17, 15) is 5.11 Å². The molecule has 2 fully saturated rings. The largest absolute Gasteiger partial charge is 0.394 e. The minimum atomic E-state index is -0.0428. The van der Waals surface area contributed by atoms with E-state index in [4.69, 9.17) is 4.74 Å². The van der Waals surface area contributed by atoms with Crippen LogP contribution in [0, 0.1) is 5.92 Å². The van der Waals surface area contributed by atoms with Crippen LogP contribution >= 0.6 is 0 Å². The summed E-state index contributed by atoms with van der Waals surface area (Å²) >= 11 is 0. The van der Waals surface area contributed by atoms with E-state index in [-0.39, 0.29) is 12.1 Å². The highest BCUT2D eigenvalue weighted by atomic mass is 16.5. The van der Waals surface area contributed by atoms with Crippen LogP contribution in [0.5, 0.6) is 0 Å². The normalized spacial score (nSPS) is 33.4. The van der Waals surface area contributed by atoms with E-state index in [0.717, 1.165) is 26.1 Å². The molecule has 3 atom stereocenters. The van der Waals surface area contributed by atoms with Gasteiger partial charge >= 0.3 is 0 Å². The highest BCUT2D eigenvalue weighted by Crippen LogP contribution is 2.38. The van der Waals surface area contributed by atoms with Crippen LogP contribution < -0.4 is 5.32 Å². The predicted octanol–water partition coefficient (Wildman–Crippen LogP) is 2.02. The lowest BCUT2D eigenvalue weighted by molar-refractivity contribution is 0.0725. The summed E-state index contributed by atoms with van der Waals surface area (Å²) in [6, 6.07) is 0.433. The van der Waals surface area contributed by atoms with Gasteiger partial charge in [-0.3, -0.25) is 0 Å². The minimum absolute atomic E-state index is 0.0428. The van der Waals surface area contributed by atoms with E-state index in [0.29, 0.717) is 18.1 Å². The molecular formula is C17H34N2O2. The van der Waals surface area contributed by atoms with Gasteiger partial charge in [-0.05, 0) is 51.6 Å². The van der Waals surface area contributed by atoms with Gasteiger partial charge in [0.15, 0.2) is 0 Å². The second-order valence-electron chi connectivity index (χ2n) is 7.39. The van der Waals surface area contributed by atoms with Crippen LogP contribution in [0.2, 0.25) is 0 Å². The topological polar surface area (TPSA) is 44.7 Å². The lowest BCUT2D eigenvalue weighted by Gasteiger charge is -2.37. The highest BCUT2D eigenvalue weighted by Gasteiger charge is 2.42. The van der Waals surface area contributed by atoms with Crippen LogP contribution in [0.25, 0.3) is 0 Å². The Morgan fingerprint density at radius 2 is 2.14 bits per heavy atom. The highest BCUT2D eigenvalue weighted by molar-refractivity contribution is 4.99. The maximum Gasteiger partial charge on any atom is 0.0702 e. The monoisotopic (exact) mass is 298 g/mol. The van der Waals surface area contributed by atoms with Crippen molar-refractivity contribution < 1.29 is 9.84 Å². The molecule has 0 bridgehead atoms. The molecule has 2 N–H and O–H groups in total. The molecule has 0 radical (unpaired) electrons. The molecule has 2 rings (SSSR count). The number of aliphatic hydroxyl groups excluding tert-OH is 1. The van der Waals surface area contributed by atoms with Crippen molar-refractivity contribution in [3.63, 3.8) is 0 Å². The standard InChI is InChI=1S/C17H34N2O2/c1-14(2)18-17(13-20)9-4-6-15(17)8-10-19(3)12-16-7-5-11-21-16/h14-16,18,20H,4-13H2,1-3H3. The van der Waals surface area contributed by atoms with Crippen LogP contribution in [-0.4, -0.2) is 61.0 Å². The summed E-state index contributed by atoms with van der Waals surface area (Å²) in [5.41, 5.74) is -0.0428. The van der Waals surface area contributed by atoms with Crippen LogP contribution in [0.3, 0.4) is 0 Å². The molecule has 1 aliphatic carbocycles. The van der Waals surface area contributed by atoms with E-state index in [1.54, 1.807) is 0 Å². The fraction of sp³-hybridized carbons (Fsp3) is 1.00. The fourth-order valence-corrected chi connectivity index (χ4v) is 4.19. The Bertz CT molecular complexity index is 305. The summed E-state index contributed by atoms with van der Waals surface area (Å²) in [5, 5.41) is 13.6. The lowest BCUT2D eigenvalue weighted by Crippen LogP contribution is -2.54. The van der Waals surface area contributed by atoms with E-state index < -0.39 is 0 Å². The Labute approximate surface area is 130 Å². The first-order valence-corrected chi connectivity index (χ1v) is 8.74. The Morgan fingerprint density at radius 1 is 1.33 bits per heavy atom. The van der Waals surface area contributed by atoms with Gasteiger partial charge in [0.1, 0.15) is 0 Å². The molecular weight excluding hydrogens is 264 g/mol. The third kappa shape index (κ3) is 4.65. The molecule has 3 unspecified atom stereocenters. The predicted molar refractivity (Wildman–Crippen MR) is 86.5 cm³/mol. The van der Waals surface area contributed by atoms with Gasteiger partial charge in [0, 0.05) is 24.7 Å². The lowest BCUT2D eigenvalue weighted by atomic mass is 9.84. The number of hydrogen-bond acceptors (Lipinski definition) is 4. The van der Waals surface area contributed by atoms with Crippen molar-refractivity contribution in [2.45, 2.75) is 70.1 Å². The average Bonchev–Trinajstić information content (AvgIpc) is 3.06. The molecule has 1 saturated heterocycles. The minimum Gasteiger partial charge on any atom is -0.394 e. The molecule has 124 valence electrons. The number of nitrogens with one attached hydrogen (secondary N) is 1. The van der Waals surface area contributed by atoms with Gasteiger partial charge in [0.25, 0.3) is 0 Å². The Balaban J connectivity index is 1.79. The molecule has 0 amide bonds. The molecule has 0 aromatic heterocycles. The quantitative estimate of drug-likeness (QED) is 0.719. The van der Waals surface area contributed by atoms with Crippen LogP contribution in [0.1, 0.15) is 52.4 Å². The molecule has 0 aromatic rings. The van der Waals surface area contributed by atoms with Gasteiger partial charge < -0.3 is 20.1 Å². The SMILES string of the molecule is CC(C)NC1(CO)CCCC1CCN(C)CC1CCCO1. The van der Waals surface area contributed by atoms with Crippen molar-refractivity contribution in [1.82, 2.24) is 10.2 Å². The zero-order valence-electron chi connectivity index (χ0n) is 14.1. The van der Waals surface area contributed by atoms with Gasteiger partial charge in [-0.2, -0.15) is 0 Å². The van der Waals surface area contributed by atoms with Crippen molar-refractivity contribution in [2.24, 2.45) is 5.92 Å². The van der Waals surface area contributed by atoms with Gasteiger partial charge in [-0.15, -0.1) is 0 Å². The Kier molecular flexibility index (Phi) is 6.48. The van der Waals surface area contributed by atoms with Gasteiger partial charge in [0.2, 0.25) is 0 Å². The van der Waals surface area contributed by atoms with Gasteiger partial charge in [-0.1, -0.05) is 20.3 Å². The molecule has 4 nitrogen and oxygen atoms in total. The number of hydrogen-bond donors (Lipinski definition) is 2. The maximum atomic E-state index is 9.93. The first-order chi connectivity index (χ1) is 10.1. The molecule has 1 heterocycles. The number of ether oxygens (including phenoxy) is 1. The van der Waals surface area contributed by atoms with Crippen molar-refractivity contribution in [3.8, 4) is 0 Å². The van der Waals surface area contributed by atoms with E-state index in [1.165, 1.54) is 32.1 Å². The summed E-state index contributed by atoms with van der Waals surface area (Å²) in [5.74, 6) is 0.594. The number of rotatable bonds is 8. The molecule has 0 aromatic carbocycles. The van der Waals surface area contributed by atoms with Crippen molar-refractivity contribution >= 4 is 0 Å². The van der Waals surface area contributed by atoms with Crippen molar-refractivity contribution in [1.29, 1.82) is 0 Å². The number of likely N-dealkylation sites (N-methyl/N-ethyl adjacent to an activating group) is 1. The summed E-state index contributed by atoms with van der Waals surface area (Å²) in [7, 11) is 2.20. The van der Waals surface area contributed by atoms with Gasteiger partial charge in [0.05, 0.1) is 12.7 Å². The first kappa shape index (κ1) is 17.2. The van der Waals surface area contributed by atoms with Crippen molar-refractivity contribution in [2.75, 3.05) is 33.4 Å².